The van der Waals surface area contributed by atoms with Gasteiger partial charge < -0.3 is 14.2 Å². The van der Waals surface area contributed by atoms with E-state index in [0.717, 1.165) is 32.3 Å². The van der Waals surface area contributed by atoms with Gasteiger partial charge in [-0.1, -0.05) is 31.5 Å². The van der Waals surface area contributed by atoms with Gasteiger partial charge in [0.2, 0.25) is 0 Å². The van der Waals surface area contributed by atoms with Crippen molar-refractivity contribution in [2.24, 2.45) is 0 Å². The van der Waals surface area contributed by atoms with Crippen LogP contribution >= 0.6 is 0 Å². The molecule has 4 heteroatoms. The summed E-state index contributed by atoms with van der Waals surface area (Å²) >= 11 is 0. The van der Waals surface area contributed by atoms with E-state index in [4.69, 9.17) is 14.2 Å². The lowest BCUT2D eigenvalue weighted by atomic mass is 10.1. The fourth-order valence-corrected chi connectivity index (χ4v) is 2.33. The average molecular weight is 296 g/mol. The first-order valence-electron chi connectivity index (χ1n) is 7.84. The van der Waals surface area contributed by atoms with E-state index in [1.54, 1.807) is 12.1 Å². The molecule has 2 rings (SSSR count). The van der Waals surface area contributed by atoms with Gasteiger partial charge in [-0.15, -0.1) is 0 Å². The van der Waals surface area contributed by atoms with Crippen molar-refractivity contribution in [2.75, 3.05) is 19.8 Å². The predicted molar refractivity (Wildman–Crippen MR) is 79.7 cm³/mol. The second kappa shape index (κ2) is 9.13. The van der Waals surface area contributed by atoms with Crippen LogP contribution in [0.5, 0.6) is 0 Å². The summed E-state index contributed by atoms with van der Waals surface area (Å²) in [6.07, 6.45) is 4.36. The van der Waals surface area contributed by atoms with Crippen LogP contribution in [0.1, 0.15) is 38.2 Å². The third-order valence-electron chi connectivity index (χ3n) is 3.71. The first-order chi connectivity index (χ1) is 10.3. The van der Waals surface area contributed by atoms with Crippen LogP contribution in [0.4, 0.5) is 4.39 Å². The van der Waals surface area contributed by atoms with Gasteiger partial charge >= 0.3 is 0 Å². The van der Waals surface area contributed by atoms with Gasteiger partial charge in [-0.05, 0) is 25.3 Å². The zero-order chi connectivity index (χ0) is 14.9. The molecule has 1 aromatic carbocycles. The molecule has 0 N–H and O–H groups in total. The molecule has 118 valence electrons. The highest BCUT2D eigenvalue weighted by Gasteiger charge is 2.22. The lowest BCUT2D eigenvalue weighted by Gasteiger charge is -2.29. The largest absolute Gasteiger partial charge is 0.379 e. The SMILES string of the molecule is CCCCOCC1CCC(OCc2ccccc2F)CO1. The normalized spacial score (nSPS) is 22.4. The highest BCUT2D eigenvalue weighted by molar-refractivity contribution is 5.16. The number of hydrogen-bond donors (Lipinski definition) is 0. The number of unbranched alkanes of at least 4 members (excludes halogenated alkanes) is 1. The van der Waals surface area contributed by atoms with E-state index in [-0.39, 0.29) is 18.0 Å². The Morgan fingerprint density at radius 1 is 1.29 bits per heavy atom. The quantitative estimate of drug-likeness (QED) is 0.685. The third kappa shape index (κ3) is 5.73. The van der Waals surface area contributed by atoms with Crippen LogP contribution in [0.2, 0.25) is 0 Å². The molecule has 1 saturated heterocycles. The van der Waals surface area contributed by atoms with E-state index in [9.17, 15) is 4.39 Å². The second-order valence-electron chi connectivity index (χ2n) is 5.49. The number of rotatable bonds is 8. The number of halogens is 1. The average Bonchev–Trinajstić information content (AvgIpc) is 2.52. The van der Waals surface area contributed by atoms with E-state index in [0.29, 0.717) is 25.4 Å². The predicted octanol–water partition coefficient (Wildman–Crippen LogP) is 3.71. The Kier molecular flexibility index (Phi) is 7.13. The van der Waals surface area contributed by atoms with Gasteiger partial charge in [0.15, 0.2) is 0 Å². The molecule has 0 bridgehead atoms. The van der Waals surface area contributed by atoms with Gasteiger partial charge in [-0.25, -0.2) is 4.39 Å². The van der Waals surface area contributed by atoms with E-state index < -0.39 is 0 Å². The molecule has 0 saturated carbocycles. The van der Waals surface area contributed by atoms with Gasteiger partial charge in [0, 0.05) is 12.2 Å². The summed E-state index contributed by atoms with van der Waals surface area (Å²) in [4.78, 5) is 0. The molecule has 0 aromatic heterocycles. The topological polar surface area (TPSA) is 27.7 Å². The third-order valence-corrected chi connectivity index (χ3v) is 3.71. The van der Waals surface area contributed by atoms with Gasteiger partial charge in [0.05, 0.1) is 32.0 Å². The molecule has 2 atom stereocenters. The Morgan fingerprint density at radius 3 is 2.86 bits per heavy atom. The standard InChI is InChI=1S/C17H25FO3/c1-2-3-10-19-12-15-8-9-16(13-21-15)20-11-14-6-4-5-7-17(14)18/h4-7,15-16H,2-3,8-13H2,1H3. The van der Waals surface area contributed by atoms with Crippen LogP contribution in [0.3, 0.4) is 0 Å². The molecule has 0 aliphatic carbocycles. The van der Waals surface area contributed by atoms with Crippen LogP contribution in [0, 0.1) is 5.82 Å². The molecule has 0 radical (unpaired) electrons. The van der Waals surface area contributed by atoms with Crippen molar-refractivity contribution < 1.29 is 18.6 Å². The van der Waals surface area contributed by atoms with Crippen molar-refractivity contribution in [2.45, 2.75) is 51.4 Å². The summed E-state index contributed by atoms with van der Waals surface area (Å²) in [5.74, 6) is -0.212. The minimum Gasteiger partial charge on any atom is -0.379 e. The molecule has 2 unspecified atom stereocenters. The maximum absolute atomic E-state index is 13.5. The maximum atomic E-state index is 13.5. The second-order valence-corrected chi connectivity index (χ2v) is 5.49. The number of benzene rings is 1. The van der Waals surface area contributed by atoms with Crippen LogP contribution in [0.25, 0.3) is 0 Å². The van der Waals surface area contributed by atoms with Crippen LogP contribution in [-0.4, -0.2) is 32.0 Å². The molecule has 1 aliphatic heterocycles. The van der Waals surface area contributed by atoms with Crippen molar-refractivity contribution in [3.63, 3.8) is 0 Å². The Labute approximate surface area is 126 Å². The highest BCUT2D eigenvalue weighted by Crippen LogP contribution is 2.18. The Balaban J connectivity index is 1.62. The van der Waals surface area contributed by atoms with E-state index in [2.05, 4.69) is 6.92 Å². The molecule has 1 aromatic rings. The molecular weight excluding hydrogens is 271 g/mol. The smallest absolute Gasteiger partial charge is 0.128 e. The monoisotopic (exact) mass is 296 g/mol. The minimum atomic E-state index is -0.212. The Hall–Kier alpha value is -0.970. The number of hydrogen-bond acceptors (Lipinski definition) is 3. The van der Waals surface area contributed by atoms with Crippen LogP contribution in [0.15, 0.2) is 24.3 Å². The zero-order valence-corrected chi connectivity index (χ0v) is 12.7. The Morgan fingerprint density at radius 2 is 2.14 bits per heavy atom. The molecule has 3 nitrogen and oxygen atoms in total. The molecule has 0 amide bonds. The summed E-state index contributed by atoms with van der Waals surface area (Å²) in [6, 6.07) is 6.72. The van der Waals surface area contributed by atoms with E-state index in [1.807, 2.05) is 6.07 Å². The first kappa shape index (κ1) is 16.4. The molecule has 1 aliphatic rings. The summed E-state index contributed by atoms with van der Waals surface area (Å²) in [6.45, 7) is 4.50. The van der Waals surface area contributed by atoms with Crippen LogP contribution in [-0.2, 0) is 20.8 Å². The molecule has 21 heavy (non-hydrogen) atoms. The minimum absolute atomic E-state index is 0.0523. The summed E-state index contributed by atoms with van der Waals surface area (Å²) in [7, 11) is 0. The van der Waals surface area contributed by atoms with Gasteiger partial charge in [0.25, 0.3) is 0 Å². The van der Waals surface area contributed by atoms with Gasteiger partial charge in [-0.2, -0.15) is 0 Å². The zero-order valence-electron chi connectivity index (χ0n) is 12.7. The summed E-state index contributed by atoms with van der Waals surface area (Å²) < 4.78 is 30.5. The van der Waals surface area contributed by atoms with Crippen molar-refractivity contribution in [3.05, 3.63) is 35.6 Å². The van der Waals surface area contributed by atoms with Crippen molar-refractivity contribution >= 4 is 0 Å². The maximum Gasteiger partial charge on any atom is 0.128 e. The summed E-state index contributed by atoms with van der Waals surface area (Å²) in [5.41, 5.74) is 0.600. The van der Waals surface area contributed by atoms with Gasteiger partial charge in [-0.3, -0.25) is 0 Å². The van der Waals surface area contributed by atoms with E-state index in [1.165, 1.54) is 6.07 Å². The fourth-order valence-electron chi connectivity index (χ4n) is 2.33. The molecule has 0 spiro atoms. The summed E-state index contributed by atoms with van der Waals surface area (Å²) in [5, 5.41) is 0. The van der Waals surface area contributed by atoms with Gasteiger partial charge in [0.1, 0.15) is 5.82 Å². The number of ether oxygens (including phenoxy) is 3. The lowest BCUT2D eigenvalue weighted by molar-refractivity contribution is -0.111. The highest BCUT2D eigenvalue weighted by atomic mass is 19.1. The van der Waals surface area contributed by atoms with Crippen molar-refractivity contribution in [3.8, 4) is 0 Å². The molecule has 1 heterocycles. The van der Waals surface area contributed by atoms with Crippen molar-refractivity contribution in [1.82, 2.24) is 0 Å². The van der Waals surface area contributed by atoms with Crippen LogP contribution < -0.4 is 0 Å². The van der Waals surface area contributed by atoms with Crippen molar-refractivity contribution in [1.29, 1.82) is 0 Å². The molecular formula is C17H25FO3. The first-order valence-corrected chi connectivity index (χ1v) is 7.84. The lowest BCUT2D eigenvalue weighted by Crippen LogP contribution is -2.34. The van der Waals surface area contributed by atoms with E-state index >= 15 is 0 Å². The molecule has 1 fully saturated rings. The fraction of sp³-hybridized carbons (Fsp3) is 0.647. The Bertz CT molecular complexity index is 403.